The minimum Gasteiger partial charge on any atom is -0.344 e. The van der Waals surface area contributed by atoms with Crippen LogP contribution in [0.25, 0.3) is 0 Å². The topological polar surface area (TPSA) is 35.0 Å². The van der Waals surface area contributed by atoms with Gasteiger partial charge in [0.1, 0.15) is 0 Å². The van der Waals surface area contributed by atoms with E-state index >= 15 is 0 Å². The summed E-state index contributed by atoms with van der Waals surface area (Å²) in [6.45, 7) is 30.0. The van der Waals surface area contributed by atoms with Gasteiger partial charge in [0.25, 0.3) is 0 Å². The molecule has 0 saturated heterocycles. The second-order valence-corrected chi connectivity index (χ2v) is 0. The van der Waals surface area contributed by atoms with E-state index in [1.54, 1.807) is 41.5 Å². The van der Waals surface area contributed by atoms with Gasteiger partial charge in [0.2, 0.25) is 0 Å². The maximum absolute atomic E-state index is 3.25. The molecule has 7 radical (unpaired) electrons. The van der Waals surface area contributed by atoms with Crippen molar-refractivity contribution in [3.8, 4) is 0 Å². The molecular weight excluding hydrogens is 253 g/mol. The summed E-state index contributed by atoms with van der Waals surface area (Å²) in [6, 6.07) is 0. The zero-order valence-corrected chi connectivity index (χ0v) is 13.5. The molecule has 0 aromatic rings. The second kappa shape index (κ2) is 4880. The van der Waals surface area contributed by atoms with Gasteiger partial charge < -0.3 is 6.15 Å². The van der Waals surface area contributed by atoms with E-state index in [0.29, 0.717) is 0 Å². The SMILES string of the molecule is Cl.N.[CH2]C.[CH2]C.[CH2]C.[CH2]C.[CH2]C.[CH2]C.[Co]. The molecule has 103 valence electrons. The third kappa shape index (κ3) is 4200. The minimum atomic E-state index is 0. The van der Waals surface area contributed by atoms with Gasteiger partial charge in [-0.25, -0.2) is 0 Å². The molecule has 15 heavy (non-hydrogen) atoms. The predicted octanol–water partition coefficient (Wildman–Crippen LogP) is 5.62. The first kappa shape index (κ1) is 75.2. The van der Waals surface area contributed by atoms with Crippen LogP contribution in [-0.4, -0.2) is 0 Å². The molecule has 3 heteroatoms. The zero-order valence-electron chi connectivity index (χ0n) is 11.7. The summed E-state index contributed by atoms with van der Waals surface area (Å²) in [5, 5.41) is 0. The van der Waals surface area contributed by atoms with Gasteiger partial charge in [-0.05, 0) is 0 Å². The molecule has 0 atom stereocenters. The molecule has 0 bridgehead atoms. The van der Waals surface area contributed by atoms with Crippen LogP contribution < -0.4 is 6.15 Å². The van der Waals surface area contributed by atoms with Crippen LogP contribution in [0.15, 0.2) is 0 Å². The molecule has 0 saturated carbocycles. The molecule has 3 N–H and O–H groups in total. The predicted molar refractivity (Wildman–Crippen MR) is 78.5 cm³/mol. The summed E-state index contributed by atoms with van der Waals surface area (Å²) in [5.74, 6) is 0. The van der Waals surface area contributed by atoms with E-state index in [9.17, 15) is 0 Å². The van der Waals surface area contributed by atoms with E-state index in [1.807, 2.05) is 0 Å². The fourth-order valence-electron chi connectivity index (χ4n) is 0. The Balaban J connectivity index is -0.00000000396. The van der Waals surface area contributed by atoms with Gasteiger partial charge in [0.15, 0.2) is 0 Å². The van der Waals surface area contributed by atoms with Gasteiger partial charge in [-0.15, -0.1) is 12.4 Å². The molecular formula is C12H34ClCoN. The summed E-state index contributed by atoms with van der Waals surface area (Å²) in [4.78, 5) is 0. The zero-order chi connectivity index (χ0) is 12.0. The van der Waals surface area contributed by atoms with Gasteiger partial charge in [-0.2, -0.15) is 0 Å². The fourth-order valence-corrected chi connectivity index (χ4v) is 0. The van der Waals surface area contributed by atoms with Crippen molar-refractivity contribution in [2.45, 2.75) is 41.5 Å². The summed E-state index contributed by atoms with van der Waals surface area (Å²) in [6.07, 6.45) is 0. The summed E-state index contributed by atoms with van der Waals surface area (Å²) in [7, 11) is 0. The van der Waals surface area contributed by atoms with Crippen LogP contribution in [-0.2, 0) is 16.8 Å². The standard InChI is InChI=1S/6C2H5.ClH.Co.H3N/c6*1-2;;;/h6*1H2,2H3;1H;;1H3. The molecule has 0 aromatic heterocycles. The fraction of sp³-hybridized carbons (Fsp3) is 0.500. The van der Waals surface area contributed by atoms with E-state index in [1.165, 1.54) is 0 Å². The molecule has 1 nitrogen and oxygen atoms in total. The summed E-state index contributed by atoms with van der Waals surface area (Å²) < 4.78 is 0. The van der Waals surface area contributed by atoms with Crippen LogP contribution in [0.4, 0.5) is 0 Å². The van der Waals surface area contributed by atoms with Crippen molar-refractivity contribution in [3.05, 3.63) is 41.5 Å². The molecule has 0 fully saturated rings. The smallest absolute Gasteiger partial charge is 0 e. The van der Waals surface area contributed by atoms with Crippen molar-refractivity contribution in [2.75, 3.05) is 0 Å². The molecule has 0 aliphatic rings. The molecule has 0 heterocycles. The Kier molecular flexibility index (Phi) is 24500. The third-order valence-electron chi connectivity index (χ3n) is 0. The molecule has 0 unspecified atom stereocenters. The van der Waals surface area contributed by atoms with E-state index in [0.717, 1.165) is 0 Å². The Morgan fingerprint density at radius 2 is 0.400 bits per heavy atom. The van der Waals surface area contributed by atoms with Crippen LogP contribution in [0.3, 0.4) is 0 Å². The molecule has 0 rings (SSSR count). The van der Waals surface area contributed by atoms with Crippen molar-refractivity contribution in [1.82, 2.24) is 6.15 Å². The van der Waals surface area contributed by atoms with E-state index in [2.05, 4.69) is 41.5 Å². The van der Waals surface area contributed by atoms with E-state index < -0.39 is 0 Å². The Morgan fingerprint density at radius 3 is 0.400 bits per heavy atom. The Labute approximate surface area is 118 Å². The van der Waals surface area contributed by atoms with Gasteiger partial charge in [0, 0.05) is 16.8 Å². The van der Waals surface area contributed by atoms with Crippen molar-refractivity contribution < 1.29 is 16.8 Å². The molecule has 0 aliphatic carbocycles. The molecule has 0 spiro atoms. The quantitative estimate of drug-likeness (QED) is 0.616. The van der Waals surface area contributed by atoms with Crippen LogP contribution in [0.1, 0.15) is 41.5 Å². The monoisotopic (exact) mass is 286 g/mol. The average molecular weight is 287 g/mol. The van der Waals surface area contributed by atoms with Crippen LogP contribution in [0.5, 0.6) is 0 Å². The first-order valence-corrected chi connectivity index (χ1v) is 4.24. The van der Waals surface area contributed by atoms with Crippen molar-refractivity contribution in [1.29, 1.82) is 0 Å². The van der Waals surface area contributed by atoms with Crippen LogP contribution in [0.2, 0.25) is 0 Å². The number of hydrogen-bond donors (Lipinski definition) is 1. The van der Waals surface area contributed by atoms with Crippen molar-refractivity contribution >= 4 is 12.4 Å². The Hall–Kier alpha value is 0.756. The van der Waals surface area contributed by atoms with Gasteiger partial charge in [-0.1, -0.05) is 83.1 Å². The first-order valence-electron chi connectivity index (χ1n) is 4.24. The van der Waals surface area contributed by atoms with Crippen LogP contribution >= 0.6 is 12.4 Å². The molecule has 0 aromatic carbocycles. The van der Waals surface area contributed by atoms with Gasteiger partial charge >= 0.3 is 0 Å². The number of hydrogen-bond acceptors (Lipinski definition) is 1. The average Bonchev–Trinajstić information content (AvgIpc) is 2.33. The summed E-state index contributed by atoms with van der Waals surface area (Å²) in [5.41, 5.74) is 0. The second-order valence-electron chi connectivity index (χ2n) is 0. The molecule has 0 amide bonds. The van der Waals surface area contributed by atoms with Gasteiger partial charge in [0.05, 0.1) is 0 Å². The summed E-state index contributed by atoms with van der Waals surface area (Å²) >= 11 is 0. The first-order chi connectivity index (χ1) is 6.00. The maximum atomic E-state index is 3.25. The van der Waals surface area contributed by atoms with Crippen molar-refractivity contribution in [2.24, 2.45) is 0 Å². The van der Waals surface area contributed by atoms with E-state index in [4.69, 9.17) is 0 Å². The minimum absolute atomic E-state index is 0. The normalized spacial score (nSPS) is 2.40. The van der Waals surface area contributed by atoms with E-state index in [-0.39, 0.29) is 35.3 Å². The number of halogens is 1. The van der Waals surface area contributed by atoms with Crippen molar-refractivity contribution in [3.63, 3.8) is 0 Å². The Morgan fingerprint density at radius 1 is 0.400 bits per heavy atom. The Bertz CT molecular complexity index is 15.6. The van der Waals surface area contributed by atoms with Gasteiger partial charge in [-0.3, -0.25) is 0 Å². The largest absolute Gasteiger partial charge is 0.344 e. The van der Waals surface area contributed by atoms with Crippen LogP contribution in [0, 0.1) is 41.5 Å². The maximum Gasteiger partial charge on any atom is 0 e. The third-order valence-corrected chi connectivity index (χ3v) is 0. The number of rotatable bonds is 0. The molecule has 0 aliphatic heterocycles.